The highest BCUT2D eigenvalue weighted by molar-refractivity contribution is 7.26. The summed E-state index contributed by atoms with van der Waals surface area (Å²) in [6, 6.07) is 49.3. The van der Waals surface area contributed by atoms with Gasteiger partial charge in [-0.1, -0.05) is 115 Å². The molecule has 0 aliphatic heterocycles. The Morgan fingerprint density at radius 1 is 0.444 bits per heavy atom. The molecule has 0 fully saturated rings. The molecule has 45 heavy (non-hydrogen) atoms. The van der Waals surface area contributed by atoms with Crippen LogP contribution in [0.4, 0.5) is 5.69 Å². The lowest BCUT2D eigenvalue weighted by Crippen LogP contribution is -2.00. The van der Waals surface area contributed by atoms with Crippen LogP contribution in [-0.4, -0.2) is 15.0 Å². The zero-order valence-corrected chi connectivity index (χ0v) is 24.9. The highest BCUT2D eigenvalue weighted by atomic mass is 32.1. The van der Waals surface area contributed by atoms with Gasteiger partial charge in [0.1, 0.15) is 0 Å². The fraction of sp³-hybridized carbons (Fsp3) is 0. The minimum Gasteiger partial charge on any atom is -0.238 e. The standard InChI is InChI=1S/C40H24N4S/c1-41-32-24-30(23-31(25-32)33-19-11-20-35-34-18-8-9-21-36(34)45-37(33)35)28-16-10-17-29(22-28)40-43-38(26-12-4-2-5-13-26)42-39(44-40)27-14-6-3-7-15-27/h2-25H. The van der Waals surface area contributed by atoms with E-state index >= 15 is 0 Å². The predicted molar refractivity (Wildman–Crippen MR) is 186 cm³/mol. The van der Waals surface area contributed by atoms with Crippen LogP contribution in [0.1, 0.15) is 0 Å². The monoisotopic (exact) mass is 592 g/mol. The molecular formula is C40H24N4S. The third-order valence-corrected chi connectivity index (χ3v) is 9.14. The van der Waals surface area contributed by atoms with Crippen LogP contribution in [0, 0.1) is 6.57 Å². The van der Waals surface area contributed by atoms with Gasteiger partial charge in [0.25, 0.3) is 0 Å². The molecule has 6 aromatic carbocycles. The maximum atomic E-state index is 7.90. The Morgan fingerprint density at radius 2 is 0.978 bits per heavy atom. The van der Waals surface area contributed by atoms with Gasteiger partial charge in [-0.05, 0) is 52.6 Å². The second kappa shape index (κ2) is 11.3. The van der Waals surface area contributed by atoms with Crippen LogP contribution in [-0.2, 0) is 0 Å². The maximum Gasteiger partial charge on any atom is 0.188 e. The van der Waals surface area contributed by atoms with E-state index in [0.29, 0.717) is 23.2 Å². The van der Waals surface area contributed by atoms with Crippen molar-refractivity contribution in [2.75, 3.05) is 0 Å². The lowest BCUT2D eigenvalue weighted by Gasteiger charge is -2.11. The molecule has 0 amide bonds. The highest BCUT2D eigenvalue weighted by Gasteiger charge is 2.15. The van der Waals surface area contributed by atoms with Crippen molar-refractivity contribution in [3.63, 3.8) is 0 Å². The number of fused-ring (bicyclic) bond motifs is 3. The number of benzene rings is 6. The zero-order valence-electron chi connectivity index (χ0n) is 24.1. The Kier molecular flexibility index (Phi) is 6.68. The number of rotatable bonds is 5. The van der Waals surface area contributed by atoms with Gasteiger partial charge in [-0.2, -0.15) is 0 Å². The van der Waals surface area contributed by atoms with Crippen LogP contribution in [0.25, 0.3) is 81.4 Å². The van der Waals surface area contributed by atoms with Crippen molar-refractivity contribution in [3.8, 4) is 56.4 Å². The molecule has 0 saturated carbocycles. The Hall–Kier alpha value is -5.96. The summed E-state index contributed by atoms with van der Waals surface area (Å²) in [4.78, 5) is 18.5. The summed E-state index contributed by atoms with van der Waals surface area (Å²) in [6.07, 6.45) is 0. The molecule has 5 heteroatoms. The van der Waals surface area contributed by atoms with Gasteiger partial charge in [0.15, 0.2) is 23.2 Å². The van der Waals surface area contributed by atoms with Crippen molar-refractivity contribution >= 4 is 37.2 Å². The number of thiophene rings is 1. The van der Waals surface area contributed by atoms with Crippen molar-refractivity contribution in [2.45, 2.75) is 0 Å². The van der Waals surface area contributed by atoms with Crippen molar-refractivity contribution in [1.29, 1.82) is 0 Å². The fourth-order valence-corrected chi connectivity index (χ4v) is 6.99. The van der Waals surface area contributed by atoms with E-state index in [4.69, 9.17) is 21.5 Å². The van der Waals surface area contributed by atoms with E-state index in [1.54, 1.807) is 11.3 Å². The molecule has 0 bridgehead atoms. The first-order valence-corrected chi connectivity index (χ1v) is 15.5. The third kappa shape index (κ3) is 5.04. The summed E-state index contributed by atoms with van der Waals surface area (Å²) in [5.74, 6) is 1.85. The number of nitrogens with zero attached hydrogens (tertiary/aromatic N) is 4. The van der Waals surface area contributed by atoms with Gasteiger partial charge < -0.3 is 0 Å². The number of hydrogen-bond donors (Lipinski definition) is 0. The maximum absolute atomic E-state index is 7.90. The Bertz CT molecular complexity index is 2330. The van der Waals surface area contributed by atoms with Gasteiger partial charge in [0.2, 0.25) is 0 Å². The van der Waals surface area contributed by atoms with Gasteiger partial charge in [0.05, 0.1) is 6.57 Å². The predicted octanol–water partition coefficient (Wildman–Crippen LogP) is 11.1. The second-order valence-electron chi connectivity index (χ2n) is 10.8. The summed E-state index contributed by atoms with van der Waals surface area (Å²) in [6.45, 7) is 7.90. The summed E-state index contributed by atoms with van der Waals surface area (Å²) in [5.41, 5.74) is 7.46. The molecule has 0 unspecified atom stereocenters. The second-order valence-corrected chi connectivity index (χ2v) is 11.8. The van der Waals surface area contributed by atoms with E-state index in [2.05, 4.69) is 65.5 Å². The van der Waals surface area contributed by atoms with E-state index in [1.165, 1.54) is 20.2 Å². The van der Waals surface area contributed by atoms with Gasteiger partial charge in [-0.25, -0.2) is 19.8 Å². The van der Waals surface area contributed by atoms with Crippen molar-refractivity contribution in [3.05, 3.63) is 157 Å². The van der Waals surface area contributed by atoms with Crippen LogP contribution in [0.15, 0.2) is 146 Å². The molecule has 8 aromatic rings. The lowest BCUT2D eigenvalue weighted by molar-refractivity contribution is 1.07. The van der Waals surface area contributed by atoms with Crippen LogP contribution in [0.3, 0.4) is 0 Å². The van der Waals surface area contributed by atoms with Gasteiger partial charge in [0, 0.05) is 36.9 Å². The molecule has 0 radical (unpaired) electrons. The molecule has 0 saturated heterocycles. The molecule has 210 valence electrons. The fourth-order valence-electron chi connectivity index (χ4n) is 5.75. The first-order chi connectivity index (χ1) is 22.2. The average Bonchev–Trinajstić information content (AvgIpc) is 3.51. The first kappa shape index (κ1) is 26.7. The first-order valence-electron chi connectivity index (χ1n) is 14.6. The van der Waals surface area contributed by atoms with Gasteiger partial charge in [-0.15, -0.1) is 11.3 Å². The summed E-state index contributed by atoms with van der Waals surface area (Å²) >= 11 is 1.80. The van der Waals surface area contributed by atoms with E-state index in [1.807, 2.05) is 84.9 Å². The van der Waals surface area contributed by atoms with Crippen LogP contribution in [0.2, 0.25) is 0 Å². The molecule has 0 N–H and O–H groups in total. The van der Waals surface area contributed by atoms with Crippen molar-refractivity contribution in [1.82, 2.24) is 15.0 Å². The average molecular weight is 593 g/mol. The summed E-state index contributed by atoms with van der Waals surface area (Å²) in [5, 5.41) is 2.50. The Balaban J connectivity index is 1.26. The molecule has 4 nitrogen and oxygen atoms in total. The SMILES string of the molecule is [C-]#[N+]c1cc(-c2cccc(-c3nc(-c4ccccc4)nc(-c4ccccc4)n3)c2)cc(-c2cccc3c2sc2ccccc23)c1. The highest BCUT2D eigenvalue weighted by Crippen LogP contribution is 2.42. The largest absolute Gasteiger partial charge is 0.238 e. The van der Waals surface area contributed by atoms with Gasteiger partial charge in [-0.3, -0.25) is 0 Å². The molecule has 0 aliphatic carbocycles. The zero-order chi connectivity index (χ0) is 30.2. The Labute approximate surface area is 264 Å². The molecule has 0 spiro atoms. The van der Waals surface area contributed by atoms with Crippen LogP contribution >= 0.6 is 11.3 Å². The topological polar surface area (TPSA) is 43.0 Å². The molecule has 2 heterocycles. The summed E-state index contributed by atoms with van der Waals surface area (Å²) < 4.78 is 2.49. The minimum atomic E-state index is 0.598. The van der Waals surface area contributed by atoms with E-state index in [0.717, 1.165) is 38.9 Å². The molecular weight excluding hydrogens is 569 g/mol. The van der Waals surface area contributed by atoms with Crippen LogP contribution in [0.5, 0.6) is 0 Å². The number of hydrogen-bond acceptors (Lipinski definition) is 4. The molecule has 2 aromatic heterocycles. The van der Waals surface area contributed by atoms with E-state index in [-0.39, 0.29) is 0 Å². The lowest BCUT2D eigenvalue weighted by atomic mass is 9.96. The Morgan fingerprint density at radius 3 is 1.69 bits per heavy atom. The minimum absolute atomic E-state index is 0.598. The number of aromatic nitrogens is 3. The normalized spacial score (nSPS) is 11.1. The molecule has 0 atom stereocenters. The van der Waals surface area contributed by atoms with Gasteiger partial charge >= 0.3 is 0 Å². The smallest absolute Gasteiger partial charge is 0.188 e. The van der Waals surface area contributed by atoms with Crippen LogP contribution < -0.4 is 0 Å². The van der Waals surface area contributed by atoms with E-state index in [9.17, 15) is 0 Å². The van der Waals surface area contributed by atoms with E-state index < -0.39 is 0 Å². The summed E-state index contributed by atoms with van der Waals surface area (Å²) in [7, 11) is 0. The molecule has 8 rings (SSSR count). The van der Waals surface area contributed by atoms with Crippen molar-refractivity contribution < 1.29 is 0 Å². The molecule has 0 aliphatic rings. The third-order valence-electron chi connectivity index (χ3n) is 7.92. The quantitative estimate of drug-likeness (QED) is 0.187. The van der Waals surface area contributed by atoms with Crippen molar-refractivity contribution in [2.24, 2.45) is 0 Å².